The molecule has 0 aromatic carbocycles. The summed E-state index contributed by atoms with van der Waals surface area (Å²) in [6.07, 6.45) is 1.59. The Hall–Kier alpha value is -1.14. The number of primary amides is 1. The van der Waals surface area contributed by atoms with Gasteiger partial charge in [-0.3, -0.25) is 14.5 Å². The van der Waals surface area contributed by atoms with E-state index in [4.69, 9.17) is 5.73 Å². The third-order valence-corrected chi connectivity index (χ3v) is 3.47. The molecule has 2 fully saturated rings. The molecule has 0 bridgehead atoms. The van der Waals surface area contributed by atoms with Crippen LogP contribution >= 0.6 is 0 Å². The summed E-state index contributed by atoms with van der Waals surface area (Å²) in [5.41, 5.74) is 5.30. The van der Waals surface area contributed by atoms with E-state index in [-0.39, 0.29) is 17.9 Å². The molecule has 0 aliphatic carbocycles. The number of nitrogens with two attached hydrogens (primary N) is 1. The highest BCUT2D eigenvalue weighted by Gasteiger charge is 2.33. The molecule has 0 radical (unpaired) electrons. The van der Waals surface area contributed by atoms with Crippen LogP contribution in [0.3, 0.4) is 0 Å². The number of nitrogens with one attached hydrogen (secondary N) is 1. The van der Waals surface area contributed by atoms with Gasteiger partial charge in [-0.15, -0.1) is 0 Å². The maximum Gasteiger partial charge on any atom is 0.240 e. The van der Waals surface area contributed by atoms with E-state index in [9.17, 15) is 9.59 Å². The van der Waals surface area contributed by atoms with E-state index < -0.39 is 0 Å². The maximum absolute atomic E-state index is 12.1. The van der Waals surface area contributed by atoms with Gasteiger partial charge in [0, 0.05) is 32.7 Å². The maximum atomic E-state index is 12.1. The summed E-state index contributed by atoms with van der Waals surface area (Å²) in [4.78, 5) is 27.1. The van der Waals surface area contributed by atoms with Crippen LogP contribution in [0.1, 0.15) is 12.8 Å². The number of piperazine rings is 1. The van der Waals surface area contributed by atoms with Crippen molar-refractivity contribution in [2.45, 2.75) is 18.9 Å². The topological polar surface area (TPSA) is 78.7 Å². The summed E-state index contributed by atoms with van der Waals surface area (Å²) in [6, 6.07) is -0.384. The lowest BCUT2D eigenvalue weighted by Crippen LogP contribution is -2.51. The van der Waals surface area contributed by atoms with Gasteiger partial charge in [-0.25, -0.2) is 0 Å². The minimum atomic E-state index is -0.384. The molecule has 0 aromatic rings. The quantitative estimate of drug-likeness (QED) is 0.621. The van der Waals surface area contributed by atoms with Crippen molar-refractivity contribution in [3.63, 3.8) is 0 Å². The normalized spacial score (nSPS) is 26.1. The average molecular weight is 240 g/mol. The average Bonchev–Trinajstić information content (AvgIpc) is 2.79. The first-order valence-electron chi connectivity index (χ1n) is 6.20. The first-order chi connectivity index (χ1) is 8.18. The van der Waals surface area contributed by atoms with Crippen LogP contribution in [0.15, 0.2) is 0 Å². The van der Waals surface area contributed by atoms with Crippen molar-refractivity contribution in [3.05, 3.63) is 0 Å². The fraction of sp³-hybridized carbons (Fsp3) is 0.818. The monoisotopic (exact) mass is 240 g/mol. The molecular weight excluding hydrogens is 220 g/mol. The van der Waals surface area contributed by atoms with Gasteiger partial charge in [0.2, 0.25) is 11.8 Å². The van der Waals surface area contributed by atoms with Crippen LogP contribution in [0.25, 0.3) is 0 Å². The first-order valence-corrected chi connectivity index (χ1v) is 6.20. The number of nitrogens with zero attached hydrogens (tertiary/aromatic N) is 2. The van der Waals surface area contributed by atoms with Crippen molar-refractivity contribution in [1.29, 1.82) is 0 Å². The third kappa shape index (κ3) is 2.95. The molecule has 0 aromatic heterocycles. The molecule has 6 heteroatoms. The predicted octanol–water partition coefficient (Wildman–Crippen LogP) is -1.63. The Kier molecular flexibility index (Phi) is 3.96. The van der Waals surface area contributed by atoms with Crippen molar-refractivity contribution < 1.29 is 9.59 Å². The van der Waals surface area contributed by atoms with Crippen molar-refractivity contribution in [3.8, 4) is 0 Å². The van der Waals surface area contributed by atoms with Gasteiger partial charge in [-0.05, 0) is 12.8 Å². The van der Waals surface area contributed by atoms with Gasteiger partial charge in [0.1, 0.15) is 6.04 Å². The zero-order chi connectivity index (χ0) is 12.3. The van der Waals surface area contributed by atoms with E-state index in [0.29, 0.717) is 19.5 Å². The van der Waals surface area contributed by atoms with Gasteiger partial charge < -0.3 is 16.0 Å². The number of hydrogen-bond donors (Lipinski definition) is 2. The fourth-order valence-corrected chi connectivity index (χ4v) is 2.51. The molecule has 96 valence electrons. The van der Waals surface area contributed by atoms with E-state index in [1.165, 1.54) is 0 Å². The van der Waals surface area contributed by atoms with E-state index in [1.807, 2.05) is 0 Å². The third-order valence-electron chi connectivity index (χ3n) is 3.47. The summed E-state index contributed by atoms with van der Waals surface area (Å²) in [5.74, 6) is -0.343. The minimum Gasteiger partial charge on any atom is -0.368 e. The standard InChI is InChI=1S/C11H20N4O2/c12-11(17)9-2-1-5-15(9)10(16)8-14-6-3-13-4-7-14/h9,13H,1-8H2,(H2,12,17). The fourth-order valence-electron chi connectivity index (χ4n) is 2.51. The molecular formula is C11H20N4O2. The smallest absolute Gasteiger partial charge is 0.240 e. The molecule has 6 nitrogen and oxygen atoms in total. The number of likely N-dealkylation sites (tertiary alicyclic amines) is 1. The molecule has 3 N–H and O–H groups in total. The zero-order valence-corrected chi connectivity index (χ0v) is 10.0. The van der Waals surface area contributed by atoms with E-state index in [0.717, 1.165) is 32.6 Å². The van der Waals surface area contributed by atoms with E-state index in [2.05, 4.69) is 10.2 Å². The molecule has 2 aliphatic heterocycles. The van der Waals surface area contributed by atoms with Crippen molar-refractivity contribution in [2.75, 3.05) is 39.3 Å². The summed E-state index contributed by atoms with van der Waals surface area (Å²) in [7, 11) is 0. The summed E-state index contributed by atoms with van der Waals surface area (Å²) in [5, 5.41) is 3.24. The number of rotatable bonds is 3. The predicted molar refractivity (Wildman–Crippen MR) is 63.2 cm³/mol. The second-order valence-electron chi connectivity index (χ2n) is 4.67. The molecule has 2 saturated heterocycles. The lowest BCUT2D eigenvalue weighted by Gasteiger charge is -2.30. The molecule has 1 unspecified atom stereocenters. The van der Waals surface area contributed by atoms with Crippen LogP contribution < -0.4 is 11.1 Å². The highest BCUT2D eigenvalue weighted by molar-refractivity contribution is 5.88. The first kappa shape index (κ1) is 12.3. The molecule has 2 rings (SSSR count). The lowest BCUT2D eigenvalue weighted by molar-refractivity contribution is -0.138. The minimum absolute atomic E-state index is 0.0354. The molecule has 17 heavy (non-hydrogen) atoms. The molecule has 2 heterocycles. The van der Waals surface area contributed by atoms with Gasteiger partial charge in [0.15, 0.2) is 0 Å². The van der Waals surface area contributed by atoms with Crippen LogP contribution in [0, 0.1) is 0 Å². The molecule has 0 spiro atoms. The van der Waals surface area contributed by atoms with Crippen molar-refractivity contribution in [2.24, 2.45) is 5.73 Å². The second-order valence-corrected chi connectivity index (χ2v) is 4.67. The lowest BCUT2D eigenvalue weighted by atomic mass is 10.2. The Morgan fingerprint density at radius 2 is 1.94 bits per heavy atom. The van der Waals surface area contributed by atoms with Crippen LogP contribution in [-0.2, 0) is 9.59 Å². The molecule has 2 aliphatic rings. The van der Waals surface area contributed by atoms with Crippen molar-refractivity contribution >= 4 is 11.8 Å². The van der Waals surface area contributed by atoms with E-state index >= 15 is 0 Å². The van der Waals surface area contributed by atoms with Gasteiger partial charge in [0.25, 0.3) is 0 Å². The van der Waals surface area contributed by atoms with Crippen LogP contribution in [-0.4, -0.2) is 66.9 Å². The Morgan fingerprint density at radius 3 is 2.59 bits per heavy atom. The number of carbonyl (C=O) groups excluding carboxylic acids is 2. The Morgan fingerprint density at radius 1 is 1.24 bits per heavy atom. The Labute approximate surface area is 101 Å². The van der Waals surface area contributed by atoms with Crippen molar-refractivity contribution in [1.82, 2.24) is 15.1 Å². The highest BCUT2D eigenvalue weighted by Crippen LogP contribution is 2.17. The number of carbonyl (C=O) groups is 2. The van der Waals surface area contributed by atoms with Crippen LogP contribution in [0.2, 0.25) is 0 Å². The van der Waals surface area contributed by atoms with Gasteiger partial charge in [-0.2, -0.15) is 0 Å². The molecule has 2 amide bonds. The zero-order valence-electron chi connectivity index (χ0n) is 10.0. The molecule has 1 atom stereocenters. The largest absolute Gasteiger partial charge is 0.368 e. The Balaban J connectivity index is 1.88. The Bertz CT molecular complexity index is 302. The van der Waals surface area contributed by atoms with Gasteiger partial charge in [0.05, 0.1) is 6.54 Å². The van der Waals surface area contributed by atoms with Crippen LogP contribution in [0.4, 0.5) is 0 Å². The summed E-state index contributed by atoms with van der Waals surface area (Å²) < 4.78 is 0. The van der Waals surface area contributed by atoms with Gasteiger partial charge >= 0.3 is 0 Å². The SMILES string of the molecule is NC(=O)C1CCCN1C(=O)CN1CCNCC1. The van der Waals surface area contributed by atoms with Crippen LogP contribution in [0.5, 0.6) is 0 Å². The van der Waals surface area contributed by atoms with Gasteiger partial charge in [-0.1, -0.05) is 0 Å². The summed E-state index contributed by atoms with van der Waals surface area (Å²) >= 11 is 0. The second kappa shape index (κ2) is 5.46. The highest BCUT2D eigenvalue weighted by atomic mass is 16.2. The van der Waals surface area contributed by atoms with E-state index in [1.54, 1.807) is 4.90 Å². The number of amides is 2. The number of hydrogen-bond acceptors (Lipinski definition) is 4. The molecule has 0 saturated carbocycles. The summed E-state index contributed by atoms with van der Waals surface area (Å²) in [6.45, 7) is 4.70.